The van der Waals surface area contributed by atoms with Crippen LogP contribution in [0.2, 0.25) is 0 Å². The van der Waals surface area contributed by atoms with Crippen molar-refractivity contribution in [1.82, 2.24) is 9.88 Å². The summed E-state index contributed by atoms with van der Waals surface area (Å²) in [6.07, 6.45) is 5.21. The molecule has 3 rings (SSSR count). The number of aryl methyl sites for hydroxylation is 1. The monoisotopic (exact) mass is 341 g/mol. The Morgan fingerprint density at radius 3 is 2.46 bits per heavy atom. The summed E-state index contributed by atoms with van der Waals surface area (Å²) in [7, 11) is 3.43. The summed E-state index contributed by atoms with van der Waals surface area (Å²) in [5.74, 6) is -0.297. The third kappa shape index (κ3) is 2.93. The minimum atomic E-state index is -0.501. The highest BCUT2D eigenvalue weighted by molar-refractivity contribution is 7.80. The summed E-state index contributed by atoms with van der Waals surface area (Å²) >= 11 is 5.16. The summed E-state index contributed by atoms with van der Waals surface area (Å²) in [5, 5.41) is 2.61. The van der Waals surface area contributed by atoms with Crippen molar-refractivity contribution in [2.45, 2.75) is 0 Å². The Morgan fingerprint density at radius 2 is 1.88 bits per heavy atom. The summed E-state index contributed by atoms with van der Waals surface area (Å²) in [4.78, 5) is 26.2. The van der Waals surface area contributed by atoms with Gasteiger partial charge >= 0.3 is 0 Å². The zero-order valence-corrected chi connectivity index (χ0v) is 14.0. The number of nitrogens with zero attached hydrogens (tertiary/aromatic N) is 2. The van der Waals surface area contributed by atoms with Crippen LogP contribution in [0.5, 0.6) is 5.75 Å². The summed E-state index contributed by atoms with van der Waals surface area (Å²) in [6.45, 7) is 0. The number of anilines is 1. The standard InChI is InChI=1S/C17H15N3O3S/c1-19-8-7-11(10-19)9-14-15(21)18-17(24)20(16(14)22)12-3-5-13(23-2)6-4-12/h3-10H,1-2H3,(H,18,21,24)/b14-9-. The number of aromatic nitrogens is 1. The van der Waals surface area contributed by atoms with Gasteiger partial charge in [-0.3, -0.25) is 19.8 Å². The van der Waals surface area contributed by atoms with Gasteiger partial charge in [0.1, 0.15) is 11.3 Å². The number of ether oxygens (including phenoxy) is 1. The van der Waals surface area contributed by atoms with E-state index in [1.807, 2.05) is 30.1 Å². The van der Waals surface area contributed by atoms with Crippen molar-refractivity contribution in [2.75, 3.05) is 12.0 Å². The first-order valence-electron chi connectivity index (χ1n) is 7.17. The zero-order valence-electron chi connectivity index (χ0n) is 13.1. The fourth-order valence-electron chi connectivity index (χ4n) is 2.40. The molecule has 0 spiro atoms. The van der Waals surface area contributed by atoms with Gasteiger partial charge in [0.15, 0.2) is 5.11 Å². The average Bonchev–Trinajstić information content (AvgIpc) is 2.97. The topological polar surface area (TPSA) is 63.6 Å². The number of rotatable bonds is 3. The van der Waals surface area contributed by atoms with Crippen molar-refractivity contribution in [1.29, 1.82) is 0 Å². The molecule has 2 aromatic rings. The van der Waals surface area contributed by atoms with Gasteiger partial charge in [-0.05, 0) is 54.2 Å². The smallest absolute Gasteiger partial charge is 0.270 e. The number of thiocarbonyl (C=S) groups is 1. The maximum Gasteiger partial charge on any atom is 0.270 e. The van der Waals surface area contributed by atoms with Crippen LogP contribution in [0.4, 0.5) is 5.69 Å². The lowest BCUT2D eigenvalue weighted by molar-refractivity contribution is -0.122. The molecule has 0 atom stereocenters. The first-order chi connectivity index (χ1) is 11.5. The minimum Gasteiger partial charge on any atom is -0.497 e. The van der Waals surface area contributed by atoms with Crippen LogP contribution in [0.15, 0.2) is 48.3 Å². The van der Waals surface area contributed by atoms with Gasteiger partial charge in [0, 0.05) is 19.4 Å². The summed E-state index contributed by atoms with van der Waals surface area (Å²) in [6, 6.07) is 8.68. The second-order valence-corrected chi connectivity index (χ2v) is 5.65. The zero-order chi connectivity index (χ0) is 17.3. The number of benzene rings is 1. The molecule has 0 bridgehead atoms. The fraction of sp³-hybridized carbons (Fsp3) is 0.118. The molecule has 122 valence electrons. The SMILES string of the molecule is COc1ccc(N2C(=O)/C(=C\c3ccn(C)c3)C(=O)NC2=S)cc1. The third-order valence-electron chi connectivity index (χ3n) is 3.60. The van der Waals surface area contributed by atoms with Crippen LogP contribution in [0.25, 0.3) is 6.08 Å². The lowest BCUT2D eigenvalue weighted by Crippen LogP contribution is -2.54. The molecule has 24 heavy (non-hydrogen) atoms. The van der Waals surface area contributed by atoms with E-state index >= 15 is 0 Å². The van der Waals surface area contributed by atoms with E-state index < -0.39 is 11.8 Å². The molecule has 1 aliphatic rings. The van der Waals surface area contributed by atoms with E-state index in [-0.39, 0.29) is 10.7 Å². The first kappa shape index (κ1) is 15.9. The van der Waals surface area contributed by atoms with Gasteiger partial charge in [0.2, 0.25) is 0 Å². The maximum absolute atomic E-state index is 12.8. The minimum absolute atomic E-state index is 0.0330. The van der Waals surface area contributed by atoms with E-state index in [1.54, 1.807) is 37.5 Å². The number of nitrogens with one attached hydrogen (secondary N) is 1. The van der Waals surface area contributed by atoms with E-state index in [9.17, 15) is 9.59 Å². The van der Waals surface area contributed by atoms with Crippen molar-refractivity contribution < 1.29 is 14.3 Å². The number of hydrogen-bond acceptors (Lipinski definition) is 4. The molecule has 7 heteroatoms. The first-order valence-corrected chi connectivity index (χ1v) is 7.58. The Balaban J connectivity index is 1.97. The molecule has 1 aromatic heterocycles. The molecular formula is C17H15N3O3S. The summed E-state index contributed by atoms with van der Waals surface area (Å²) < 4.78 is 6.95. The van der Waals surface area contributed by atoms with E-state index in [0.717, 1.165) is 5.56 Å². The molecule has 1 aromatic carbocycles. The lowest BCUT2D eigenvalue weighted by Gasteiger charge is -2.28. The van der Waals surface area contributed by atoms with Crippen LogP contribution in [0.3, 0.4) is 0 Å². The normalized spacial score (nSPS) is 16.5. The van der Waals surface area contributed by atoms with Crippen molar-refractivity contribution in [3.05, 3.63) is 53.9 Å². The quantitative estimate of drug-likeness (QED) is 0.526. The van der Waals surface area contributed by atoms with Gasteiger partial charge in [0.05, 0.1) is 12.8 Å². The van der Waals surface area contributed by atoms with E-state index in [0.29, 0.717) is 11.4 Å². The third-order valence-corrected chi connectivity index (χ3v) is 3.88. The van der Waals surface area contributed by atoms with Crippen LogP contribution < -0.4 is 15.0 Å². The van der Waals surface area contributed by atoms with Crippen molar-refractivity contribution in [2.24, 2.45) is 7.05 Å². The van der Waals surface area contributed by atoms with Crippen LogP contribution in [0.1, 0.15) is 5.56 Å². The Kier molecular flexibility index (Phi) is 4.18. The molecule has 0 unspecified atom stereocenters. The molecule has 1 aliphatic heterocycles. The second-order valence-electron chi connectivity index (χ2n) is 5.27. The summed E-state index contributed by atoms with van der Waals surface area (Å²) in [5.41, 5.74) is 1.36. The molecule has 0 saturated carbocycles. The predicted molar refractivity (Wildman–Crippen MR) is 94.6 cm³/mol. The van der Waals surface area contributed by atoms with Gasteiger partial charge in [0.25, 0.3) is 11.8 Å². The highest BCUT2D eigenvalue weighted by atomic mass is 32.1. The second kappa shape index (κ2) is 6.29. The van der Waals surface area contributed by atoms with Gasteiger partial charge in [-0.1, -0.05) is 0 Å². The highest BCUT2D eigenvalue weighted by Crippen LogP contribution is 2.24. The fourth-order valence-corrected chi connectivity index (χ4v) is 2.68. The maximum atomic E-state index is 12.8. The van der Waals surface area contributed by atoms with Crippen molar-refractivity contribution in [3.8, 4) is 5.75 Å². The Morgan fingerprint density at radius 1 is 1.17 bits per heavy atom. The van der Waals surface area contributed by atoms with Crippen LogP contribution >= 0.6 is 12.2 Å². The van der Waals surface area contributed by atoms with Crippen LogP contribution in [-0.4, -0.2) is 28.6 Å². The van der Waals surface area contributed by atoms with Gasteiger partial charge in [-0.25, -0.2) is 0 Å². The highest BCUT2D eigenvalue weighted by Gasteiger charge is 2.34. The number of carbonyl (C=O) groups excluding carboxylic acids is 2. The molecule has 0 aliphatic carbocycles. The van der Waals surface area contributed by atoms with Crippen LogP contribution in [-0.2, 0) is 16.6 Å². The van der Waals surface area contributed by atoms with Gasteiger partial charge in [-0.15, -0.1) is 0 Å². The average molecular weight is 341 g/mol. The van der Waals surface area contributed by atoms with E-state index in [1.165, 1.54) is 4.90 Å². The molecule has 1 fully saturated rings. The Bertz CT molecular complexity index is 852. The molecule has 2 heterocycles. The molecule has 2 amide bonds. The molecule has 1 saturated heterocycles. The Hall–Kier alpha value is -2.93. The molecule has 6 nitrogen and oxygen atoms in total. The number of carbonyl (C=O) groups is 2. The number of amides is 2. The van der Waals surface area contributed by atoms with E-state index in [4.69, 9.17) is 17.0 Å². The van der Waals surface area contributed by atoms with Gasteiger partial charge in [-0.2, -0.15) is 0 Å². The van der Waals surface area contributed by atoms with Crippen molar-refractivity contribution >= 4 is 40.9 Å². The number of hydrogen-bond donors (Lipinski definition) is 1. The van der Waals surface area contributed by atoms with Crippen LogP contribution in [0, 0.1) is 0 Å². The molecular weight excluding hydrogens is 326 g/mol. The van der Waals surface area contributed by atoms with Gasteiger partial charge < -0.3 is 9.30 Å². The molecule has 0 radical (unpaired) electrons. The van der Waals surface area contributed by atoms with Crippen molar-refractivity contribution in [3.63, 3.8) is 0 Å². The Labute approximate surface area is 144 Å². The largest absolute Gasteiger partial charge is 0.497 e. The number of methoxy groups -OCH3 is 1. The lowest BCUT2D eigenvalue weighted by atomic mass is 10.1. The molecule has 1 N–H and O–H groups in total. The van der Waals surface area contributed by atoms with E-state index in [2.05, 4.69) is 5.32 Å². The predicted octanol–water partition coefficient (Wildman–Crippen LogP) is 1.86.